The van der Waals surface area contributed by atoms with Gasteiger partial charge in [-0.05, 0) is 53.2 Å². The molecule has 2 N–H and O–H groups in total. The molecule has 0 spiro atoms. The zero-order valence-corrected chi connectivity index (χ0v) is 21.7. The number of morpholine rings is 1. The summed E-state index contributed by atoms with van der Waals surface area (Å²) in [4.78, 5) is 28.2. The number of nitrogens with one attached hydrogen (secondary N) is 1. The first-order valence-electron chi connectivity index (χ1n) is 12.7. The molecule has 198 valence electrons. The molecule has 0 unspecified atom stereocenters. The summed E-state index contributed by atoms with van der Waals surface area (Å²) in [5, 5.41) is 12.9. The summed E-state index contributed by atoms with van der Waals surface area (Å²) in [6.07, 6.45) is 0. The van der Waals surface area contributed by atoms with Crippen molar-refractivity contribution in [2.24, 2.45) is 5.92 Å². The summed E-state index contributed by atoms with van der Waals surface area (Å²) in [5.41, 5.74) is 3.33. The number of esters is 1. The van der Waals surface area contributed by atoms with Crippen LogP contribution in [-0.2, 0) is 32.1 Å². The number of hydrogen-bond acceptors (Lipinski definition) is 8. The van der Waals surface area contributed by atoms with E-state index in [2.05, 4.69) is 10.2 Å². The van der Waals surface area contributed by atoms with Crippen molar-refractivity contribution in [1.29, 1.82) is 0 Å². The molecule has 0 bridgehead atoms. The molecule has 0 aromatic heterocycles. The lowest BCUT2D eigenvalue weighted by Crippen LogP contribution is -2.46. The standard InChI is InChI=1S/C27H35BN2O7/c1-18(2)25(29-26(31)23-9-6-21-17-37-28(33)24(21)19(23)3)27(32)36-16-20-4-7-22(8-5-20)35-15-12-30-10-13-34-14-11-30/h4-9,18,25,33H,10-17H2,1-3H3,(H,29,31)/t25-/m0/s1. The monoisotopic (exact) mass is 510 g/mol. The molecule has 1 atom stereocenters. The van der Waals surface area contributed by atoms with Gasteiger partial charge in [-0.2, -0.15) is 0 Å². The molecule has 4 rings (SSSR count). The molecule has 0 radical (unpaired) electrons. The van der Waals surface area contributed by atoms with Gasteiger partial charge >= 0.3 is 13.1 Å². The zero-order valence-electron chi connectivity index (χ0n) is 21.7. The van der Waals surface area contributed by atoms with E-state index in [1.807, 2.05) is 38.1 Å². The van der Waals surface area contributed by atoms with Gasteiger partial charge in [0, 0.05) is 25.2 Å². The van der Waals surface area contributed by atoms with Gasteiger partial charge in [0.2, 0.25) is 0 Å². The highest BCUT2D eigenvalue weighted by atomic mass is 16.5. The number of ether oxygens (including phenoxy) is 3. The molecule has 2 aromatic rings. The molecule has 1 fully saturated rings. The lowest BCUT2D eigenvalue weighted by Gasteiger charge is -2.26. The fraction of sp³-hybridized carbons (Fsp3) is 0.481. The Morgan fingerprint density at radius 2 is 1.86 bits per heavy atom. The first kappa shape index (κ1) is 27.1. The predicted octanol–water partition coefficient (Wildman–Crippen LogP) is 1.42. The second kappa shape index (κ2) is 12.6. The van der Waals surface area contributed by atoms with E-state index in [0.29, 0.717) is 29.8 Å². The summed E-state index contributed by atoms with van der Waals surface area (Å²) in [6.45, 7) is 10.7. The van der Waals surface area contributed by atoms with Crippen molar-refractivity contribution >= 4 is 24.5 Å². The third-order valence-corrected chi connectivity index (χ3v) is 6.79. The molecular formula is C27H35BN2O7. The van der Waals surface area contributed by atoms with Gasteiger partial charge in [0.15, 0.2) is 0 Å². The quantitative estimate of drug-likeness (QED) is 0.365. The molecule has 0 aliphatic carbocycles. The topological polar surface area (TPSA) is 107 Å². The van der Waals surface area contributed by atoms with Gasteiger partial charge in [-0.15, -0.1) is 0 Å². The summed E-state index contributed by atoms with van der Waals surface area (Å²) in [6, 6.07) is 10.1. The Balaban J connectivity index is 1.28. The average Bonchev–Trinajstić information content (AvgIpc) is 3.28. The molecule has 2 aromatic carbocycles. The first-order chi connectivity index (χ1) is 17.8. The van der Waals surface area contributed by atoms with Crippen LogP contribution in [0.2, 0.25) is 0 Å². The van der Waals surface area contributed by atoms with Crippen molar-refractivity contribution in [3.8, 4) is 5.75 Å². The van der Waals surface area contributed by atoms with Crippen LogP contribution in [0, 0.1) is 12.8 Å². The van der Waals surface area contributed by atoms with Crippen LogP contribution in [0.3, 0.4) is 0 Å². The molecular weight excluding hydrogens is 475 g/mol. The second-order valence-electron chi connectivity index (χ2n) is 9.72. The smallest absolute Gasteiger partial charge is 0.492 e. The van der Waals surface area contributed by atoms with E-state index < -0.39 is 25.0 Å². The maximum Gasteiger partial charge on any atom is 0.492 e. The normalized spacial score (nSPS) is 16.4. The van der Waals surface area contributed by atoms with Crippen LogP contribution in [-0.4, -0.2) is 74.4 Å². The van der Waals surface area contributed by atoms with Crippen LogP contribution >= 0.6 is 0 Å². The second-order valence-corrected chi connectivity index (χ2v) is 9.72. The van der Waals surface area contributed by atoms with E-state index in [9.17, 15) is 14.6 Å². The summed E-state index contributed by atoms with van der Waals surface area (Å²) in [7, 11) is -1.05. The summed E-state index contributed by atoms with van der Waals surface area (Å²) >= 11 is 0. The Bertz CT molecular complexity index is 1090. The SMILES string of the molecule is Cc1c(C(=O)N[C@H](C(=O)OCc2ccc(OCCN3CCOCC3)cc2)C(C)C)ccc2c1B(O)OC2. The van der Waals surface area contributed by atoms with Crippen molar-refractivity contribution in [2.45, 2.75) is 40.0 Å². The Hall–Kier alpha value is -2.92. The number of fused-ring (bicyclic) bond motifs is 1. The van der Waals surface area contributed by atoms with E-state index in [1.54, 1.807) is 19.1 Å². The van der Waals surface area contributed by atoms with Crippen LogP contribution in [0.1, 0.15) is 40.9 Å². The van der Waals surface area contributed by atoms with Gasteiger partial charge in [-0.1, -0.05) is 32.0 Å². The highest BCUT2D eigenvalue weighted by Crippen LogP contribution is 2.18. The van der Waals surface area contributed by atoms with Crippen molar-refractivity contribution in [1.82, 2.24) is 10.2 Å². The van der Waals surface area contributed by atoms with Gasteiger partial charge < -0.3 is 29.2 Å². The minimum Gasteiger partial charge on any atom is -0.492 e. The molecule has 0 saturated carbocycles. The average molecular weight is 510 g/mol. The Labute approximate surface area is 218 Å². The summed E-state index contributed by atoms with van der Waals surface area (Å²) in [5.74, 6) is -0.316. The van der Waals surface area contributed by atoms with E-state index in [4.69, 9.17) is 18.9 Å². The minimum absolute atomic E-state index is 0.0907. The maximum absolute atomic E-state index is 13.0. The van der Waals surface area contributed by atoms with Crippen LogP contribution in [0.15, 0.2) is 36.4 Å². The first-order valence-corrected chi connectivity index (χ1v) is 12.7. The number of carbonyl (C=O) groups excluding carboxylic acids is 2. The Kier molecular flexibility index (Phi) is 9.21. The molecule has 2 heterocycles. The van der Waals surface area contributed by atoms with E-state index in [0.717, 1.165) is 49.7 Å². The highest BCUT2D eigenvalue weighted by Gasteiger charge is 2.32. The predicted molar refractivity (Wildman–Crippen MR) is 139 cm³/mol. The van der Waals surface area contributed by atoms with Crippen molar-refractivity contribution in [2.75, 3.05) is 39.5 Å². The van der Waals surface area contributed by atoms with Gasteiger partial charge in [-0.3, -0.25) is 9.69 Å². The fourth-order valence-corrected chi connectivity index (χ4v) is 4.51. The number of carbonyl (C=O) groups is 2. The number of amides is 1. The summed E-state index contributed by atoms with van der Waals surface area (Å²) < 4.78 is 22.0. The molecule has 1 saturated heterocycles. The Morgan fingerprint density at radius 3 is 2.57 bits per heavy atom. The number of hydrogen-bond donors (Lipinski definition) is 2. The third-order valence-electron chi connectivity index (χ3n) is 6.79. The maximum atomic E-state index is 13.0. The lowest BCUT2D eigenvalue weighted by molar-refractivity contribution is -0.148. The molecule has 1 amide bonds. The van der Waals surface area contributed by atoms with E-state index in [-0.39, 0.29) is 12.5 Å². The molecule has 2 aliphatic heterocycles. The van der Waals surface area contributed by atoms with Crippen LogP contribution in [0.25, 0.3) is 0 Å². The van der Waals surface area contributed by atoms with Crippen molar-refractivity contribution in [3.05, 3.63) is 58.7 Å². The minimum atomic E-state index is -1.05. The van der Waals surface area contributed by atoms with Crippen LogP contribution < -0.4 is 15.5 Å². The molecule has 10 heteroatoms. The van der Waals surface area contributed by atoms with Crippen LogP contribution in [0.4, 0.5) is 0 Å². The van der Waals surface area contributed by atoms with E-state index in [1.165, 1.54) is 0 Å². The fourth-order valence-electron chi connectivity index (χ4n) is 4.51. The number of nitrogens with zero attached hydrogens (tertiary/aromatic N) is 1. The van der Waals surface area contributed by atoms with E-state index >= 15 is 0 Å². The van der Waals surface area contributed by atoms with Crippen LogP contribution in [0.5, 0.6) is 5.75 Å². The van der Waals surface area contributed by atoms with Gasteiger partial charge in [-0.25, -0.2) is 4.79 Å². The molecule has 9 nitrogen and oxygen atoms in total. The highest BCUT2D eigenvalue weighted by molar-refractivity contribution is 6.62. The van der Waals surface area contributed by atoms with Crippen molar-refractivity contribution < 1.29 is 33.5 Å². The molecule has 37 heavy (non-hydrogen) atoms. The zero-order chi connectivity index (χ0) is 26.4. The lowest BCUT2D eigenvalue weighted by atomic mass is 9.75. The third kappa shape index (κ3) is 6.90. The number of benzene rings is 2. The van der Waals surface area contributed by atoms with Gasteiger partial charge in [0.1, 0.15) is 25.0 Å². The van der Waals surface area contributed by atoms with Gasteiger partial charge in [0.05, 0.1) is 19.8 Å². The van der Waals surface area contributed by atoms with Crippen molar-refractivity contribution in [3.63, 3.8) is 0 Å². The Morgan fingerprint density at radius 1 is 1.14 bits per heavy atom. The largest absolute Gasteiger partial charge is 0.492 e. The number of rotatable bonds is 10. The van der Waals surface area contributed by atoms with Gasteiger partial charge in [0.25, 0.3) is 5.91 Å². The molecule has 2 aliphatic rings.